The Hall–Kier alpha value is -2.58. The molecule has 2 aromatic heterocycles. The van der Waals surface area contributed by atoms with Crippen molar-refractivity contribution in [1.82, 2.24) is 19.7 Å². The zero-order chi connectivity index (χ0) is 21.4. The number of aromatic amines is 1. The number of carbonyl (C=O) groups is 1. The lowest BCUT2D eigenvalue weighted by Crippen LogP contribution is -2.37. The van der Waals surface area contributed by atoms with E-state index < -0.39 is 0 Å². The third kappa shape index (κ3) is 4.41. The van der Waals surface area contributed by atoms with E-state index >= 15 is 0 Å². The van der Waals surface area contributed by atoms with Gasteiger partial charge in [-0.2, -0.15) is 5.10 Å². The van der Waals surface area contributed by atoms with Gasteiger partial charge in [-0.25, -0.2) is 4.39 Å². The number of nitrogens with one attached hydrogen (secondary N) is 1. The molecule has 0 spiro atoms. The molecule has 1 aliphatic carbocycles. The first-order valence-electron chi connectivity index (χ1n) is 10.6. The van der Waals surface area contributed by atoms with Crippen molar-refractivity contribution in [1.29, 1.82) is 0 Å². The summed E-state index contributed by atoms with van der Waals surface area (Å²) in [5.41, 5.74) is 0.975. The van der Waals surface area contributed by atoms with E-state index in [1.165, 1.54) is 25.0 Å². The number of carbonyl (C=O) groups excluding carboxylic acids is 1. The van der Waals surface area contributed by atoms with Crippen LogP contribution in [0, 0.1) is 10.6 Å². The van der Waals surface area contributed by atoms with Crippen LogP contribution in [0.2, 0.25) is 0 Å². The van der Waals surface area contributed by atoms with E-state index in [9.17, 15) is 9.18 Å². The van der Waals surface area contributed by atoms with E-state index in [0.29, 0.717) is 12.0 Å². The molecule has 1 aromatic carbocycles. The summed E-state index contributed by atoms with van der Waals surface area (Å²) in [6.45, 7) is 1.45. The van der Waals surface area contributed by atoms with Gasteiger partial charge in [0.15, 0.2) is 4.77 Å². The van der Waals surface area contributed by atoms with Crippen molar-refractivity contribution in [3.05, 3.63) is 63.8 Å². The molecule has 0 bridgehead atoms. The number of H-pyrrole nitrogens is 1. The highest BCUT2D eigenvalue weighted by atomic mass is 32.1. The van der Waals surface area contributed by atoms with Crippen LogP contribution < -0.4 is 0 Å². The summed E-state index contributed by atoms with van der Waals surface area (Å²) in [5.74, 6) is 1.20. The molecule has 0 radical (unpaired) electrons. The number of benzene rings is 1. The monoisotopic (exact) mass is 454 g/mol. The number of piperidine rings is 1. The molecule has 160 valence electrons. The van der Waals surface area contributed by atoms with Crippen molar-refractivity contribution >= 4 is 35.5 Å². The number of nitrogens with zero attached hydrogens (tertiary/aromatic N) is 3. The van der Waals surface area contributed by atoms with Crippen molar-refractivity contribution in [3.63, 3.8) is 0 Å². The van der Waals surface area contributed by atoms with Gasteiger partial charge in [0.05, 0.1) is 0 Å². The number of halogens is 1. The second-order valence-corrected chi connectivity index (χ2v) is 9.63. The fourth-order valence-electron chi connectivity index (χ4n) is 4.12. The maximum Gasteiger partial charge on any atom is 0.246 e. The average Bonchev–Trinajstić information content (AvgIpc) is 3.38. The topological polar surface area (TPSA) is 53.9 Å². The van der Waals surface area contributed by atoms with Crippen molar-refractivity contribution in [2.45, 2.75) is 37.6 Å². The first-order valence-corrected chi connectivity index (χ1v) is 11.8. The highest BCUT2D eigenvalue weighted by Crippen LogP contribution is 2.39. The van der Waals surface area contributed by atoms with E-state index in [4.69, 9.17) is 12.2 Å². The molecule has 5 nitrogen and oxygen atoms in total. The lowest BCUT2D eigenvalue weighted by Gasteiger charge is -2.31. The minimum Gasteiger partial charge on any atom is -0.339 e. The van der Waals surface area contributed by atoms with Crippen LogP contribution in [0.25, 0.3) is 16.5 Å². The molecule has 1 saturated heterocycles. The summed E-state index contributed by atoms with van der Waals surface area (Å²) in [7, 11) is 0. The van der Waals surface area contributed by atoms with Gasteiger partial charge in [0.1, 0.15) is 11.6 Å². The van der Waals surface area contributed by atoms with Crippen LogP contribution in [0.5, 0.6) is 0 Å². The average molecular weight is 455 g/mol. The van der Waals surface area contributed by atoms with Gasteiger partial charge in [-0.1, -0.05) is 12.1 Å². The van der Waals surface area contributed by atoms with Gasteiger partial charge in [-0.15, -0.1) is 11.3 Å². The van der Waals surface area contributed by atoms with E-state index in [0.717, 1.165) is 51.8 Å². The first kappa shape index (κ1) is 20.3. The van der Waals surface area contributed by atoms with E-state index in [-0.39, 0.29) is 11.7 Å². The smallest absolute Gasteiger partial charge is 0.246 e. The molecule has 0 atom stereocenters. The number of thiophene rings is 1. The van der Waals surface area contributed by atoms with E-state index in [1.807, 2.05) is 23.1 Å². The van der Waals surface area contributed by atoms with Crippen LogP contribution in [-0.2, 0) is 4.79 Å². The lowest BCUT2D eigenvalue weighted by atomic mass is 9.95. The Kier molecular flexibility index (Phi) is 5.58. The van der Waals surface area contributed by atoms with E-state index in [2.05, 4.69) is 14.8 Å². The predicted molar refractivity (Wildman–Crippen MR) is 123 cm³/mol. The Balaban J connectivity index is 1.19. The van der Waals surface area contributed by atoms with Gasteiger partial charge in [-0.05, 0) is 73.8 Å². The largest absolute Gasteiger partial charge is 0.339 e. The summed E-state index contributed by atoms with van der Waals surface area (Å²) in [4.78, 5) is 16.6. The van der Waals surface area contributed by atoms with Crippen LogP contribution >= 0.6 is 23.6 Å². The zero-order valence-corrected chi connectivity index (χ0v) is 18.6. The molecular weight excluding hydrogens is 431 g/mol. The number of hydrogen-bond donors (Lipinski definition) is 1. The predicted octanol–water partition coefficient (Wildman–Crippen LogP) is 5.56. The molecule has 3 aromatic rings. The molecule has 5 rings (SSSR count). The summed E-state index contributed by atoms with van der Waals surface area (Å²) in [6.07, 6.45) is 7.67. The second kappa shape index (κ2) is 8.51. The maximum atomic E-state index is 13.1. The Morgan fingerprint density at radius 3 is 2.58 bits per heavy atom. The molecular formula is C23H23FN4OS2. The summed E-state index contributed by atoms with van der Waals surface area (Å²) in [5, 5.41) is 7.44. The number of likely N-dealkylation sites (tertiary alicyclic amines) is 1. The van der Waals surface area contributed by atoms with Crippen LogP contribution in [-0.4, -0.2) is 38.7 Å². The van der Waals surface area contributed by atoms with Crippen molar-refractivity contribution < 1.29 is 9.18 Å². The van der Waals surface area contributed by atoms with Gasteiger partial charge in [0.25, 0.3) is 0 Å². The molecule has 2 aliphatic rings. The SMILES string of the molecule is O=C(C=Cc1ccc(-c2ccc(F)cc2)s1)N1CCC(c2n[nH]c(=S)n2C2CC2)CC1. The quantitative estimate of drug-likeness (QED) is 0.405. The Bertz CT molecular complexity index is 1160. The normalized spacial score (nSPS) is 17.5. The highest BCUT2D eigenvalue weighted by molar-refractivity contribution is 7.71. The van der Waals surface area contributed by atoms with Crippen molar-refractivity contribution in [2.75, 3.05) is 13.1 Å². The van der Waals surface area contributed by atoms with Crippen LogP contribution in [0.3, 0.4) is 0 Å². The summed E-state index contributed by atoms with van der Waals surface area (Å²) in [6, 6.07) is 11.0. The minimum absolute atomic E-state index is 0.0382. The summed E-state index contributed by atoms with van der Waals surface area (Å²) < 4.78 is 16.0. The number of rotatable bonds is 5. The number of amides is 1. The number of aromatic nitrogens is 3. The van der Waals surface area contributed by atoms with Gasteiger partial charge >= 0.3 is 0 Å². The van der Waals surface area contributed by atoms with Crippen molar-refractivity contribution in [3.8, 4) is 10.4 Å². The lowest BCUT2D eigenvalue weighted by molar-refractivity contribution is -0.127. The third-order valence-electron chi connectivity index (χ3n) is 5.96. The maximum absolute atomic E-state index is 13.1. The van der Waals surface area contributed by atoms with Gasteiger partial charge < -0.3 is 9.47 Å². The standard InChI is InChI=1S/C23H23FN4OS2/c24-17-3-1-15(2-4-17)20-9-7-19(31-20)8-10-21(29)27-13-11-16(12-14-27)22-25-26-23(30)28(22)18-5-6-18/h1-4,7-10,16,18H,5-6,11-14H2,(H,26,30). The fraction of sp³-hybridized carbons (Fsp3) is 0.348. The summed E-state index contributed by atoms with van der Waals surface area (Å²) >= 11 is 6.98. The molecule has 3 heterocycles. The number of hydrogen-bond acceptors (Lipinski definition) is 4. The molecule has 0 unspecified atom stereocenters. The van der Waals surface area contributed by atoms with Crippen LogP contribution in [0.4, 0.5) is 4.39 Å². The highest BCUT2D eigenvalue weighted by Gasteiger charge is 2.32. The molecule has 8 heteroatoms. The second-order valence-electron chi connectivity index (χ2n) is 8.13. The molecule has 1 aliphatic heterocycles. The van der Waals surface area contributed by atoms with E-state index in [1.54, 1.807) is 29.5 Å². The molecule has 1 amide bonds. The molecule has 31 heavy (non-hydrogen) atoms. The van der Waals surface area contributed by atoms with Gasteiger partial charge in [0, 0.05) is 40.9 Å². The Labute approximate surface area is 189 Å². The van der Waals surface area contributed by atoms with Crippen molar-refractivity contribution in [2.24, 2.45) is 0 Å². The van der Waals surface area contributed by atoms with Crippen LogP contribution in [0.1, 0.15) is 48.3 Å². The van der Waals surface area contributed by atoms with Gasteiger partial charge in [0.2, 0.25) is 5.91 Å². The molecule has 1 N–H and O–H groups in total. The Morgan fingerprint density at radius 1 is 1.13 bits per heavy atom. The third-order valence-corrected chi connectivity index (χ3v) is 7.35. The first-order chi connectivity index (χ1) is 15.1. The molecule has 2 fully saturated rings. The van der Waals surface area contributed by atoms with Crippen LogP contribution in [0.15, 0.2) is 42.5 Å². The Morgan fingerprint density at radius 2 is 1.87 bits per heavy atom. The zero-order valence-electron chi connectivity index (χ0n) is 17.0. The fourth-order valence-corrected chi connectivity index (χ4v) is 5.32. The minimum atomic E-state index is -0.242. The molecule has 1 saturated carbocycles. The van der Waals surface area contributed by atoms with Gasteiger partial charge in [-0.3, -0.25) is 9.89 Å².